The molecule has 2 nitrogen and oxygen atoms in total. The highest BCUT2D eigenvalue weighted by Gasteiger charge is 2.18. The third-order valence-electron chi connectivity index (χ3n) is 17.4. The number of anilines is 6. The maximum Gasteiger partial charge on any atom is 0.0462 e. The Morgan fingerprint density at radius 3 is 0.900 bits per heavy atom. The van der Waals surface area contributed by atoms with Crippen molar-refractivity contribution in [2.24, 2.45) is 0 Å². The van der Waals surface area contributed by atoms with Crippen LogP contribution in [0.5, 0.6) is 0 Å². The van der Waals surface area contributed by atoms with Crippen molar-refractivity contribution in [1.29, 1.82) is 0 Å². The van der Waals surface area contributed by atoms with Gasteiger partial charge in [0.15, 0.2) is 0 Å². The van der Waals surface area contributed by atoms with Crippen LogP contribution in [0.4, 0.5) is 34.1 Å². The molecule has 16 aromatic carbocycles. The number of hydrogen-bond donors (Lipinski definition) is 0. The molecule has 16 rings (SSSR count). The third kappa shape index (κ3) is 11.1. The molecule has 90 heavy (non-hydrogen) atoms. The van der Waals surface area contributed by atoms with Crippen molar-refractivity contribution in [2.45, 2.75) is 0 Å². The fourth-order valence-corrected chi connectivity index (χ4v) is 12.9. The fraction of sp³-hybridized carbons (Fsp3) is 0. The Morgan fingerprint density at radius 2 is 0.411 bits per heavy atom. The first kappa shape index (κ1) is 54.8. The van der Waals surface area contributed by atoms with Crippen LogP contribution in [0.1, 0.15) is 0 Å². The minimum absolute atomic E-state index is 1.12. The largest absolute Gasteiger partial charge is 0.311 e. The molecule has 0 aliphatic heterocycles. The smallest absolute Gasteiger partial charge is 0.0462 e. The molecule has 2 heteroatoms. The van der Waals surface area contributed by atoms with Gasteiger partial charge in [0.1, 0.15) is 0 Å². The van der Waals surface area contributed by atoms with Crippen LogP contribution in [-0.4, -0.2) is 0 Å². The number of nitrogens with zero attached hydrogens (tertiary/aromatic N) is 2. The molecule has 0 atom stereocenters. The van der Waals surface area contributed by atoms with Crippen LogP contribution in [0.15, 0.2) is 376 Å². The maximum atomic E-state index is 2.32. The van der Waals surface area contributed by atoms with Crippen molar-refractivity contribution in [3.05, 3.63) is 376 Å². The van der Waals surface area contributed by atoms with Gasteiger partial charge in [-0.1, -0.05) is 297 Å². The molecule has 0 aliphatic rings. The predicted octanol–water partition coefficient (Wildman–Crippen LogP) is 24.9. The van der Waals surface area contributed by atoms with Crippen molar-refractivity contribution in [2.75, 3.05) is 9.80 Å². The van der Waals surface area contributed by atoms with Crippen LogP contribution in [0, 0.1) is 0 Å². The van der Waals surface area contributed by atoms with E-state index < -0.39 is 0 Å². The van der Waals surface area contributed by atoms with Crippen LogP contribution in [-0.2, 0) is 0 Å². The van der Waals surface area contributed by atoms with Gasteiger partial charge in [-0.2, -0.15) is 0 Å². The first-order valence-corrected chi connectivity index (χ1v) is 30.9. The lowest BCUT2D eigenvalue weighted by atomic mass is 9.90. The Labute approximate surface area is 526 Å². The highest BCUT2D eigenvalue weighted by molar-refractivity contribution is 6.10. The molecule has 0 heterocycles. The summed E-state index contributed by atoms with van der Waals surface area (Å²) in [6, 6.07) is 135. The first-order chi connectivity index (χ1) is 44.6. The number of benzene rings is 16. The molecule has 0 bridgehead atoms. The van der Waals surface area contributed by atoms with E-state index in [1.807, 2.05) is 0 Å². The Balaban J connectivity index is 0.000000150. The van der Waals surface area contributed by atoms with Gasteiger partial charge < -0.3 is 9.80 Å². The van der Waals surface area contributed by atoms with E-state index in [-0.39, 0.29) is 0 Å². The van der Waals surface area contributed by atoms with Gasteiger partial charge in [0.2, 0.25) is 0 Å². The molecule has 0 saturated carbocycles. The zero-order chi connectivity index (χ0) is 60.0. The second kappa shape index (κ2) is 24.9. The predicted molar refractivity (Wildman–Crippen MR) is 385 cm³/mol. The second-order valence-corrected chi connectivity index (χ2v) is 22.8. The molecule has 16 aromatic rings. The lowest BCUT2D eigenvalue weighted by Gasteiger charge is -2.26. The van der Waals surface area contributed by atoms with Crippen LogP contribution in [0.3, 0.4) is 0 Å². The zero-order valence-corrected chi connectivity index (χ0v) is 49.7. The standard InChI is InChI=1S/2C44H31N/c1-3-11-32(12-4-1)34-23-27-39(28-24-34)45(38-15-5-2-6-16-38)40-29-25-35(26-30-40)41-17-9-20-44-42(18-10-19-43(41)44)37-22-21-33-13-7-8-14-36(33)31-37;1-3-12-32(13-4-1)33-22-26-37(27-23-33)45(36-16-5-2-6-17-36)38-28-24-35(25-29-38)40-30-31-44(43-20-10-9-19-41(40)43)42-21-11-15-34-14-7-8-18-39(34)42/h2*1-31H. The third-order valence-corrected chi connectivity index (χ3v) is 17.4. The van der Waals surface area contributed by atoms with Gasteiger partial charge in [-0.15, -0.1) is 0 Å². The fourth-order valence-electron chi connectivity index (χ4n) is 12.9. The summed E-state index contributed by atoms with van der Waals surface area (Å²) in [4.78, 5) is 4.64. The molecule has 424 valence electrons. The Bertz CT molecular complexity index is 5110. The molecule has 0 radical (unpaired) electrons. The molecule has 0 saturated heterocycles. The highest BCUT2D eigenvalue weighted by atomic mass is 15.1. The minimum atomic E-state index is 1.12. The van der Waals surface area contributed by atoms with E-state index in [0.29, 0.717) is 0 Å². The highest BCUT2D eigenvalue weighted by Crippen LogP contribution is 2.43. The summed E-state index contributed by atoms with van der Waals surface area (Å²) in [6.45, 7) is 0. The molecular weight excluding hydrogens is 1080 g/mol. The van der Waals surface area contributed by atoms with Crippen molar-refractivity contribution in [3.63, 3.8) is 0 Å². The van der Waals surface area contributed by atoms with Gasteiger partial charge in [-0.05, 0) is 189 Å². The van der Waals surface area contributed by atoms with Crippen molar-refractivity contribution >= 4 is 77.2 Å². The SMILES string of the molecule is c1ccc(-c2ccc(N(c3ccccc3)c3ccc(-c4ccc(-c5cccc6ccccc56)c5ccccc45)cc3)cc2)cc1.c1ccc(-c2ccc(N(c3ccccc3)c3ccc(-c4cccc5c(-c6ccc7ccccc7c6)cccc45)cc3)cc2)cc1. The number of hydrogen-bond acceptors (Lipinski definition) is 2. The maximum absolute atomic E-state index is 2.32. The quantitative estimate of drug-likeness (QED) is 0.120. The van der Waals surface area contributed by atoms with Crippen LogP contribution >= 0.6 is 0 Å². The van der Waals surface area contributed by atoms with E-state index in [1.54, 1.807) is 0 Å². The van der Waals surface area contributed by atoms with E-state index in [0.717, 1.165) is 34.1 Å². The number of fused-ring (bicyclic) bond motifs is 4. The van der Waals surface area contributed by atoms with Gasteiger partial charge in [0.25, 0.3) is 0 Å². The average Bonchev–Trinajstić information content (AvgIpc) is 1.05. The Morgan fingerprint density at radius 1 is 0.133 bits per heavy atom. The van der Waals surface area contributed by atoms with E-state index in [9.17, 15) is 0 Å². The van der Waals surface area contributed by atoms with Gasteiger partial charge in [0, 0.05) is 34.1 Å². The minimum Gasteiger partial charge on any atom is -0.311 e. The summed E-state index contributed by atoms with van der Waals surface area (Å²) >= 11 is 0. The molecule has 0 aromatic heterocycles. The molecule has 0 N–H and O–H groups in total. The monoisotopic (exact) mass is 1150 g/mol. The summed E-state index contributed by atoms with van der Waals surface area (Å²) in [5.74, 6) is 0. The van der Waals surface area contributed by atoms with Crippen LogP contribution in [0.2, 0.25) is 0 Å². The van der Waals surface area contributed by atoms with E-state index in [2.05, 4.69) is 386 Å². The van der Waals surface area contributed by atoms with Crippen LogP contribution < -0.4 is 9.80 Å². The van der Waals surface area contributed by atoms with Gasteiger partial charge in [0.05, 0.1) is 0 Å². The average molecular weight is 1150 g/mol. The summed E-state index contributed by atoms with van der Waals surface area (Å²) in [7, 11) is 0. The second-order valence-electron chi connectivity index (χ2n) is 22.8. The Hall–Kier alpha value is -11.8. The zero-order valence-electron chi connectivity index (χ0n) is 49.7. The van der Waals surface area contributed by atoms with E-state index in [1.165, 1.54) is 110 Å². The summed E-state index contributed by atoms with van der Waals surface area (Å²) < 4.78 is 0. The van der Waals surface area contributed by atoms with Crippen LogP contribution in [0.25, 0.3) is 110 Å². The van der Waals surface area contributed by atoms with Gasteiger partial charge in [-0.3, -0.25) is 0 Å². The molecule has 0 unspecified atom stereocenters. The molecule has 0 amide bonds. The lowest BCUT2D eigenvalue weighted by Crippen LogP contribution is -2.09. The summed E-state index contributed by atoms with van der Waals surface area (Å²) in [5, 5.41) is 10.1. The first-order valence-electron chi connectivity index (χ1n) is 30.9. The van der Waals surface area contributed by atoms with Crippen molar-refractivity contribution in [1.82, 2.24) is 0 Å². The summed E-state index contributed by atoms with van der Waals surface area (Å²) in [5.41, 5.74) is 21.5. The molecule has 0 aliphatic carbocycles. The van der Waals surface area contributed by atoms with E-state index >= 15 is 0 Å². The normalized spacial score (nSPS) is 11.1. The van der Waals surface area contributed by atoms with Crippen molar-refractivity contribution < 1.29 is 0 Å². The van der Waals surface area contributed by atoms with E-state index in [4.69, 9.17) is 0 Å². The topological polar surface area (TPSA) is 6.48 Å². The molecule has 0 fully saturated rings. The summed E-state index contributed by atoms with van der Waals surface area (Å²) in [6.07, 6.45) is 0. The molecule has 0 spiro atoms. The Kier molecular flexibility index (Phi) is 15.1. The van der Waals surface area contributed by atoms with Gasteiger partial charge >= 0.3 is 0 Å². The lowest BCUT2D eigenvalue weighted by molar-refractivity contribution is 1.28. The van der Waals surface area contributed by atoms with Crippen molar-refractivity contribution in [3.8, 4) is 66.8 Å². The molecular formula is C88H62N2. The number of para-hydroxylation sites is 2. The van der Waals surface area contributed by atoms with Gasteiger partial charge in [-0.25, -0.2) is 0 Å². The number of rotatable bonds is 12.